The van der Waals surface area contributed by atoms with Gasteiger partial charge >= 0.3 is 0 Å². The molecule has 1 fully saturated rings. The molecule has 0 radical (unpaired) electrons. The van der Waals surface area contributed by atoms with Crippen molar-refractivity contribution in [3.05, 3.63) is 59.4 Å². The molecule has 0 aliphatic carbocycles. The molecule has 0 aromatic heterocycles. The fourth-order valence-corrected chi connectivity index (χ4v) is 3.61. The molecule has 6 heteroatoms. The van der Waals surface area contributed by atoms with Crippen LogP contribution in [0.1, 0.15) is 15.9 Å². The molecule has 1 saturated heterocycles. The monoisotopic (exact) mass is 342 g/mol. The Hall–Kier alpha value is -2.60. The third kappa shape index (κ3) is 2.82. The molecular formula is C19H19FN2O3. The SMILES string of the molecule is CN1C(=O)c2ccc(F)cc2O[C@H]2CN(Cc3ccccc3O)C[C@H]21. The van der Waals surface area contributed by atoms with E-state index in [1.54, 1.807) is 24.1 Å². The largest absolute Gasteiger partial charge is 0.508 e. The Bertz CT molecular complexity index is 826. The van der Waals surface area contributed by atoms with Gasteiger partial charge in [-0.15, -0.1) is 0 Å². The van der Waals surface area contributed by atoms with Gasteiger partial charge < -0.3 is 14.7 Å². The summed E-state index contributed by atoms with van der Waals surface area (Å²) in [6.45, 7) is 1.81. The number of aromatic hydroxyl groups is 1. The van der Waals surface area contributed by atoms with Gasteiger partial charge in [-0.3, -0.25) is 9.69 Å². The number of likely N-dealkylation sites (N-methyl/N-ethyl adjacent to an activating group) is 1. The molecule has 0 spiro atoms. The van der Waals surface area contributed by atoms with Crippen molar-refractivity contribution in [2.75, 3.05) is 20.1 Å². The number of fused-ring (bicyclic) bond motifs is 2. The van der Waals surface area contributed by atoms with Gasteiger partial charge in [-0.05, 0) is 18.2 Å². The summed E-state index contributed by atoms with van der Waals surface area (Å²) >= 11 is 0. The maximum atomic E-state index is 13.6. The predicted molar refractivity (Wildman–Crippen MR) is 90.1 cm³/mol. The predicted octanol–water partition coefficient (Wildman–Crippen LogP) is 2.25. The summed E-state index contributed by atoms with van der Waals surface area (Å²) < 4.78 is 19.6. The van der Waals surface area contributed by atoms with Gasteiger partial charge in [0.05, 0.1) is 11.6 Å². The van der Waals surface area contributed by atoms with Crippen molar-refractivity contribution >= 4 is 5.91 Å². The highest BCUT2D eigenvalue weighted by molar-refractivity contribution is 5.97. The number of phenolic OH excluding ortho intramolecular Hbond substituents is 1. The van der Waals surface area contributed by atoms with E-state index in [2.05, 4.69) is 4.90 Å². The minimum Gasteiger partial charge on any atom is -0.508 e. The zero-order valence-electron chi connectivity index (χ0n) is 13.9. The number of phenols is 1. The number of hydrogen-bond donors (Lipinski definition) is 1. The summed E-state index contributed by atoms with van der Waals surface area (Å²) in [5, 5.41) is 9.97. The van der Waals surface area contributed by atoms with Crippen LogP contribution in [0.25, 0.3) is 0 Å². The Kier molecular flexibility index (Phi) is 3.84. The van der Waals surface area contributed by atoms with E-state index in [9.17, 15) is 14.3 Å². The van der Waals surface area contributed by atoms with Crippen LogP contribution >= 0.6 is 0 Å². The van der Waals surface area contributed by atoms with Crippen LogP contribution < -0.4 is 4.74 Å². The van der Waals surface area contributed by atoms with E-state index in [4.69, 9.17) is 4.74 Å². The molecular weight excluding hydrogens is 323 g/mol. The normalized spacial score (nSPS) is 23.0. The number of amides is 1. The molecule has 0 unspecified atom stereocenters. The molecule has 2 aromatic rings. The molecule has 5 nitrogen and oxygen atoms in total. The smallest absolute Gasteiger partial charge is 0.257 e. The van der Waals surface area contributed by atoms with Crippen LogP contribution in [0.2, 0.25) is 0 Å². The van der Waals surface area contributed by atoms with Crippen LogP contribution in [0.3, 0.4) is 0 Å². The average Bonchev–Trinajstić information content (AvgIpc) is 2.94. The van der Waals surface area contributed by atoms with E-state index < -0.39 is 5.82 Å². The zero-order valence-corrected chi connectivity index (χ0v) is 13.9. The zero-order chi connectivity index (χ0) is 17.6. The molecule has 4 rings (SSSR count). The molecule has 0 saturated carbocycles. The number of benzene rings is 2. The molecule has 2 aliphatic rings. The first-order valence-corrected chi connectivity index (χ1v) is 8.25. The molecule has 130 valence electrons. The van der Waals surface area contributed by atoms with Crippen molar-refractivity contribution in [1.82, 2.24) is 9.80 Å². The van der Waals surface area contributed by atoms with Crippen LogP contribution in [-0.2, 0) is 6.54 Å². The number of ether oxygens (including phenoxy) is 1. The minimum atomic E-state index is -0.420. The number of halogens is 1. The molecule has 2 aromatic carbocycles. The van der Waals surface area contributed by atoms with E-state index in [0.717, 1.165) is 5.56 Å². The van der Waals surface area contributed by atoms with Crippen LogP contribution in [0.5, 0.6) is 11.5 Å². The first-order valence-electron chi connectivity index (χ1n) is 8.25. The van der Waals surface area contributed by atoms with E-state index in [1.807, 2.05) is 12.1 Å². The second kappa shape index (κ2) is 6.04. The Balaban J connectivity index is 1.58. The van der Waals surface area contributed by atoms with Crippen molar-refractivity contribution in [3.8, 4) is 11.5 Å². The number of nitrogens with zero attached hydrogens (tertiary/aromatic N) is 2. The fraction of sp³-hybridized carbons (Fsp3) is 0.316. The van der Waals surface area contributed by atoms with Gasteiger partial charge in [0.2, 0.25) is 0 Å². The standard InChI is InChI=1S/C19H19FN2O3/c1-21-15-10-22(9-12-4-2-3-5-16(12)23)11-18(15)25-17-8-13(20)6-7-14(17)19(21)24/h2-8,15,18,23H,9-11H2,1H3/t15-,18+/m1/s1. The number of hydrogen-bond acceptors (Lipinski definition) is 4. The molecule has 0 bridgehead atoms. The van der Waals surface area contributed by atoms with Gasteiger partial charge in [0.25, 0.3) is 5.91 Å². The quantitative estimate of drug-likeness (QED) is 0.910. The lowest BCUT2D eigenvalue weighted by molar-refractivity contribution is 0.0682. The summed E-state index contributed by atoms with van der Waals surface area (Å²) in [7, 11) is 1.76. The Morgan fingerprint density at radius 3 is 2.84 bits per heavy atom. The number of para-hydroxylation sites is 1. The van der Waals surface area contributed by atoms with Gasteiger partial charge in [-0.1, -0.05) is 18.2 Å². The van der Waals surface area contributed by atoms with Gasteiger partial charge in [-0.2, -0.15) is 0 Å². The fourth-order valence-electron chi connectivity index (χ4n) is 3.61. The molecule has 2 atom stereocenters. The summed E-state index contributed by atoms with van der Waals surface area (Å²) in [6.07, 6.45) is -0.233. The number of rotatable bonds is 2. The summed E-state index contributed by atoms with van der Waals surface area (Å²) in [4.78, 5) is 16.5. The van der Waals surface area contributed by atoms with E-state index in [0.29, 0.717) is 30.9 Å². The first kappa shape index (κ1) is 15.9. The highest BCUT2D eigenvalue weighted by Gasteiger charge is 2.42. The lowest BCUT2D eigenvalue weighted by atomic mass is 10.1. The summed E-state index contributed by atoms with van der Waals surface area (Å²) in [5.41, 5.74) is 1.23. The molecule has 1 N–H and O–H groups in total. The maximum Gasteiger partial charge on any atom is 0.257 e. The molecule has 2 aliphatic heterocycles. The lowest BCUT2D eigenvalue weighted by Gasteiger charge is -2.25. The summed E-state index contributed by atoms with van der Waals surface area (Å²) in [6, 6.07) is 11.1. The van der Waals surface area contributed by atoms with Crippen LogP contribution in [0.4, 0.5) is 4.39 Å². The summed E-state index contributed by atoms with van der Waals surface area (Å²) in [5.74, 6) is -0.0234. The van der Waals surface area contributed by atoms with Crippen molar-refractivity contribution in [3.63, 3.8) is 0 Å². The maximum absolute atomic E-state index is 13.6. The second-order valence-electron chi connectivity index (χ2n) is 6.60. The van der Waals surface area contributed by atoms with Crippen molar-refractivity contribution in [2.24, 2.45) is 0 Å². The lowest BCUT2D eigenvalue weighted by Crippen LogP contribution is -2.44. The van der Waals surface area contributed by atoms with E-state index in [-0.39, 0.29) is 23.8 Å². The van der Waals surface area contributed by atoms with Crippen LogP contribution in [-0.4, -0.2) is 53.1 Å². The Morgan fingerprint density at radius 1 is 1.24 bits per heavy atom. The van der Waals surface area contributed by atoms with Crippen LogP contribution in [0.15, 0.2) is 42.5 Å². The van der Waals surface area contributed by atoms with Gasteiger partial charge in [0.15, 0.2) is 0 Å². The highest BCUT2D eigenvalue weighted by Crippen LogP contribution is 2.32. The molecule has 2 heterocycles. The van der Waals surface area contributed by atoms with Crippen LogP contribution in [0, 0.1) is 5.82 Å². The third-order valence-corrected chi connectivity index (χ3v) is 4.97. The van der Waals surface area contributed by atoms with Crippen molar-refractivity contribution in [2.45, 2.75) is 18.7 Å². The third-order valence-electron chi connectivity index (χ3n) is 4.97. The number of carbonyl (C=O) groups is 1. The van der Waals surface area contributed by atoms with Gasteiger partial charge in [0.1, 0.15) is 23.4 Å². The number of likely N-dealkylation sites (tertiary alicyclic amines) is 1. The second-order valence-corrected chi connectivity index (χ2v) is 6.60. The minimum absolute atomic E-state index is 0.117. The number of carbonyl (C=O) groups excluding carboxylic acids is 1. The van der Waals surface area contributed by atoms with Crippen molar-refractivity contribution in [1.29, 1.82) is 0 Å². The molecule has 25 heavy (non-hydrogen) atoms. The van der Waals surface area contributed by atoms with Gasteiger partial charge in [-0.25, -0.2) is 4.39 Å². The Labute approximate surface area is 145 Å². The topological polar surface area (TPSA) is 53.0 Å². The molecule has 1 amide bonds. The van der Waals surface area contributed by atoms with Gasteiger partial charge in [0, 0.05) is 38.3 Å². The highest BCUT2D eigenvalue weighted by atomic mass is 19.1. The first-order chi connectivity index (χ1) is 12.0. The van der Waals surface area contributed by atoms with E-state index >= 15 is 0 Å². The average molecular weight is 342 g/mol. The van der Waals surface area contributed by atoms with Crippen molar-refractivity contribution < 1.29 is 19.0 Å². The van der Waals surface area contributed by atoms with E-state index in [1.165, 1.54) is 18.2 Å². The Morgan fingerprint density at radius 2 is 2.04 bits per heavy atom.